The zero-order valence-corrected chi connectivity index (χ0v) is 17.8. The van der Waals surface area contributed by atoms with Gasteiger partial charge in [0, 0.05) is 25.7 Å². The van der Waals surface area contributed by atoms with Crippen LogP contribution in [0.4, 0.5) is 4.39 Å². The van der Waals surface area contributed by atoms with Gasteiger partial charge in [-0.1, -0.05) is 19.1 Å². The predicted molar refractivity (Wildman–Crippen MR) is 111 cm³/mol. The first-order chi connectivity index (χ1) is 13.7. The van der Waals surface area contributed by atoms with E-state index in [1.54, 1.807) is 36.2 Å². The van der Waals surface area contributed by atoms with Crippen molar-refractivity contribution in [3.63, 3.8) is 0 Å². The van der Waals surface area contributed by atoms with E-state index in [4.69, 9.17) is 0 Å². The molecule has 0 saturated carbocycles. The van der Waals surface area contributed by atoms with Crippen molar-refractivity contribution in [3.8, 4) is 0 Å². The van der Waals surface area contributed by atoms with E-state index in [1.165, 1.54) is 28.6 Å². The lowest BCUT2D eigenvalue weighted by Gasteiger charge is -2.29. The van der Waals surface area contributed by atoms with Crippen LogP contribution in [0.3, 0.4) is 0 Å². The van der Waals surface area contributed by atoms with Gasteiger partial charge in [-0.15, -0.1) is 0 Å². The lowest BCUT2D eigenvalue weighted by molar-refractivity contribution is 0.0742. The van der Waals surface area contributed by atoms with Gasteiger partial charge >= 0.3 is 0 Å². The van der Waals surface area contributed by atoms with Gasteiger partial charge in [0.1, 0.15) is 5.82 Å². The van der Waals surface area contributed by atoms with E-state index < -0.39 is 10.0 Å². The minimum Gasteiger partial charge on any atom is -0.335 e. The molecule has 0 radical (unpaired) electrons. The Balaban J connectivity index is 1.73. The quantitative estimate of drug-likeness (QED) is 0.735. The Morgan fingerprint density at radius 3 is 2.17 bits per heavy atom. The van der Waals surface area contributed by atoms with Gasteiger partial charge in [0.25, 0.3) is 5.91 Å². The van der Waals surface area contributed by atoms with E-state index in [0.29, 0.717) is 24.6 Å². The van der Waals surface area contributed by atoms with Crippen molar-refractivity contribution >= 4 is 15.9 Å². The smallest absolute Gasteiger partial charge is 0.254 e. The molecule has 1 aliphatic rings. The average molecular weight is 419 g/mol. The van der Waals surface area contributed by atoms with Gasteiger partial charge < -0.3 is 4.90 Å². The van der Waals surface area contributed by atoms with Gasteiger partial charge in [-0.05, 0) is 67.6 Å². The van der Waals surface area contributed by atoms with Crippen molar-refractivity contribution in [2.75, 3.05) is 20.1 Å². The molecule has 7 heteroatoms. The molecule has 0 aliphatic carbocycles. The lowest BCUT2D eigenvalue weighted by Crippen LogP contribution is -2.37. The van der Waals surface area contributed by atoms with Gasteiger partial charge in [-0.25, -0.2) is 12.8 Å². The molecule has 1 heterocycles. The topological polar surface area (TPSA) is 57.7 Å². The van der Waals surface area contributed by atoms with Gasteiger partial charge in [-0.2, -0.15) is 4.31 Å². The summed E-state index contributed by atoms with van der Waals surface area (Å²) in [6.45, 7) is 5.05. The minimum absolute atomic E-state index is 0.206. The number of sulfonamides is 1. The van der Waals surface area contributed by atoms with E-state index in [-0.39, 0.29) is 22.7 Å². The normalized spacial score (nSPS) is 17.1. The summed E-state index contributed by atoms with van der Waals surface area (Å²) in [4.78, 5) is 14.6. The van der Waals surface area contributed by atoms with Gasteiger partial charge in [0.15, 0.2) is 0 Å². The Morgan fingerprint density at radius 2 is 1.62 bits per heavy atom. The van der Waals surface area contributed by atoms with Crippen LogP contribution in [0.5, 0.6) is 0 Å². The van der Waals surface area contributed by atoms with E-state index in [0.717, 1.165) is 18.4 Å². The number of hydrogen-bond acceptors (Lipinski definition) is 3. The van der Waals surface area contributed by atoms with Gasteiger partial charge in [0.05, 0.1) is 10.9 Å². The van der Waals surface area contributed by atoms with Crippen LogP contribution in [0.25, 0.3) is 0 Å². The summed E-state index contributed by atoms with van der Waals surface area (Å²) in [5.41, 5.74) is 1.23. The van der Waals surface area contributed by atoms with E-state index in [1.807, 2.05) is 6.92 Å². The van der Waals surface area contributed by atoms with Crippen LogP contribution in [0.2, 0.25) is 0 Å². The molecule has 3 rings (SSSR count). The molecule has 0 aromatic heterocycles. The van der Waals surface area contributed by atoms with Crippen molar-refractivity contribution in [1.29, 1.82) is 0 Å². The number of rotatable bonds is 5. The molecule has 5 nitrogen and oxygen atoms in total. The zero-order chi connectivity index (χ0) is 21.2. The molecule has 29 heavy (non-hydrogen) atoms. The summed E-state index contributed by atoms with van der Waals surface area (Å²) < 4.78 is 40.3. The molecule has 1 aliphatic heterocycles. The Labute approximate surface area is 172 Å². The largest absolute Gasteiger partial charge is 0.335 e. The highest BCUT2D eigenvalue weighted by Gasteiger charge is 2.28. The summed E-state index contributed by atoms with van der Waals surface area (Å²) >= 11 is 0. The molecule has 0 N–H and O–H groups in total. The number of piperidine rings is 1. The molecule has 1 unspecified atom stereocenters. The second-order valence-corrected chi connectivity index (χ2v) is 9.69. The Bertz CT molecular complexity index is 951. The number of amides is 1. The molecule has 156 valence electrons. The highest BCUT2D eigenvalue weighted by molar-refractivity contribution is 7.89. The van der Waals surface area contributed by atoms with Crippen molar-refractivity contribution in [1.82, 2.24) is 9.21 Å². The standard InChI is InChI=1S/C22H27FN2O3S/c1-16-12-14-25(15-13-16)29(27,28)21-10-6-19(7-11-21)22(26)24(3)17(2)18-4-8-20(23)9-5-18/h4-11,16-17H,12-15H2,1-3H3. The van der Waals surface area contributed by atoms with Crippen molar-refractivity contribution in [2.45, 2.75) is 37.6 Å². The highest BCUT2D eigenvalue weighted by Crippen LogP contribution is 2.25. The number of carbonyl (C=O) groups excluding carboxylic acids is 1. The van der Waals surface area contributed by atoms with E-state index in [2.05, 4.69) is 6.92 Å². The average Bonchev–Trinajstić information content (AvgIpc) is 2.73. The minimum atomic E-state index is -3.54. The van der Waals surface area contributed by atoms with Crippen LogP contribution in [-0.2, 0) is 10.0 Å². The van der Waals surface area contributed by atoms with Crippen LogP contribution in [0, 0.1) is 11.7 Å². The predicted octanol–water partition coefficient (Wildman–Crippen LogP) is 4.08. The van der Waals surface area contributed by atoms with Crippen LogP contribution in [0.15, 0.2) is 53.4 Å². The summed E-state index contributed by atoms with van der Waals surface area (Å²) in [5.74, 6) is -0.00691. The van der Waals surface area contributed by atoms with Crippen LogP contribution in [-0.4, -0.2) is 43.7 Å². The van der Waals surface area contributed by atoms with Crippen molar-refractivity contribution < 1.29 is 17.6 Å². The fourth-order valence-electron chi connectivity index (χ4n) is 3.49. The van der Waals surface area contributed by atoms with Crippen molar-refractivity contribution in [3.05, 3.63) is 65.5 Å². The second-order valence-electron chi connectivity index (χ2n) is 7.75. The number of nitrogens with zero attached hydrogens (tertiary/aromatic N) is 2. The number of hydrogen-bond donors (Lipinski definition) is 0. The van der Waals surface area contributed by atoms with Crippen LogP contribution >= 0.6 is 0 Å². The third kappa shape index (κ3) is 4.67. The molecule has 1 amide bonds. The Kier molecular flexibility index (Phi) is 6.39. The molecule has 0 bridgehead atoms. The van der Waals surface area contributed by atoms with E-state index >= 15 is 0 Å². The summed E-state index contributed by atoms with van der Waals surface area (Å²) in [6, 6.07) is 11.9. The van der Waals surface area contributed by atoms with E-state index in [9.17, 15) is 17.6 Å². The molecule has 0 spiro atoms. The monoisotopic (exact) mass is 418 g/mol. The van der Waals surface area contributed by atoms with Crippen LogP contribution < -0.4 is 0 Å². The zero-order valence-electron chi connectivity index (χ0n) is 17.0. The number of benzene rings is 2. The molecule has 1 fully saturated rings. The SMILES string of the molecule is CC1CCN(S(=O)(=O)c2ccc(C(=O)N(C)C(C)c3ccc(F)cc3)cc2)CC1. The lowest BCUT2D eigenvalue weighted by atomic mass is 10.0. The first-order valence-corrected chi connectivity index (χ1v) is 11.3. The summed E-state index contributed by atoms with van der Waals surface area (Å²) in [7, 11) is -1.86. The molecule has 2 aromatic rings. The molecular weight excluding hydrogens is 391 g/mol. The third-order valence-corrected chi connectivity index (χ3v) is 7.65. The number of carbonyl (C=O) groups is 1. The first kappa shape index (κ1) is 21.5. The second kappa shape index (κ2) is 8.63. The highest BCUT2D eigenvalue weighted by atomic mass is 32.2. The molecule has 1 saturated heterocycles. The fourth-order valence-corrected chi connectivity index (χ4v) is 4.96. The molecular formula is C22H27FN2O3S. The summed E-state index contributed by atoms with van der Waals surface area (Å²) in [6.07, 6.45) is 1.73. The Morgan fingerprint density at radius 1 is 1.07 bits per heavy atom. The fraction of sp³-hybridized carbons (Fsp3) is 0.409. The van der Waals surface area contributed by atoms with Crippen molar-refractivity contribution in [2.24, 2.45) is 5.92 Å². The number of halogens is 1. The Hall–Kier alpha value is -2.25. The van der Waals surface area contributed by atoms with Crippen LogP contribution in [0.1, 0.15) is 48.7 Å². The summed E-state index contributed by atoms with van der Waals surface area (Å²) in [5, 5.41) is 0. The maximum Gasteiger partial charge on any atom is 0.254 e. The first-order valence-electron chi connectivity index (χ1n) is 9.83. The molecule has 2 aromatic carbocycles. The van der Waals surface area contributed by atoms with Gasteiger partial charge in [0.2, 0.25) is 10.0 Å². The molecule has 1 atom stereocenters. The van der Waals surface area contributed by atoms with Gasteiger partial charge in [-0.3, -0.25) is 4.79 Å². The maximum absolute atomic E-state index is 13.1. The maximum atomic E-state index is 13.1. The third-order valence-electron chi connectivity index (χ3n) is 5.74.